The number of benzene rings is 2. The molecule has 6 nitrogen and oxygen atoms in total. The molecular formula is C19H21N3O3. The van der Waals surface area contributed by atoms with Crippen LogP contribution in [0.4, 0.5) is 5.69 Å². The number of hydrogen-bond donors (Lipinski definition) is 4. The monoisotopic (exact) mass is 339 g/mol. The van der Waals surface area contributed by atoms with Crippen LogP contribution in [-0.2, 0) is 4.79 Å². The lowest BCUT2D eigenvalue weighted by molar-refractivity contribution is -0.130. The number of aliphatic carboxylic acids is 1. The molecule has 0 amide bonds. The third kappa shape index (κ3) is 4.92. The highest BCUT2D eigenvalue weighted by Gasteiger charge is 2.18. The standard InChI is InChI=1S/C19H21N3O3/c20-22-13-21-16-9-4-8-15(12-16)17(10-5-11-23)18(19(24)25)14-6-2-1-3-7-14/h1-4,6-9,12-13,23H,5,10-11,20H2,(H,21,22)(H,24,25). The zero-order valence-electron chi connectivity index (χ0n) is 13.7. The maximum atomic E-state index is 12.0. The molecule has 0 saturated heterocycles. The quantitative estimate of drug-likeness (QED) is 0.148. The molecule has 0 aromatic heterocycles. The number of aliphatic hydroxyl groups excluding tert-OH is 1. The molecule has 0 unspecified atom stereocenters. The number of hydrazone groups is 1. The van der Waals surface area contributed by atoms with Crippen molar-refractivity contribution < 1.29 is 15.0 Å². The predicted octanol–water partition coefficient (Wildman–Crippen LogP) is 2.77. The summed E-state index contributed by atoms with van der Waals surface area (Å²) in [5.74, 6) is 4.10. The number of rotatable bonds is 8. The Kier molecular flexibility index (Phi) is 6.74. The molecule has 0 fully saturated rings. The Morgan fingerprint density at radius 3 is 2.48 bits per heavy atom. The SMILES string of the molecule is NN=CNc1cccc(C(CCCO)=C(C(=O)O)c2ccccc2)c1. The van der Waals surface area contributed by atoms with E-state index >= 15 is 0 Å². The largest absolute Gasteiger partial charge is 0.478 e. The Labute approximate surface area is 146 Å². The van der Waals surface area contributed by atoms with Crippen molar-refractivity contribution in [3.63, 3.8) is 0 Å². The van der Waals surface area contributed by atoms with E-state index in [4.69, 9.17) is 5.84 Å². The van der Waals surface area contributed by atoms with E-state index in [-0.39, 0.29) is 12.2 Å². The van der Waals surface area contributed by atoms with Crippen LogP contribution in [0.15, 0.2) is 59.7 Å². The van der Waals surface area contributed by atoms with Crippen LogP contribution in [0.1, 0.15) is 24.0 Å². The minimum atomic E-state index is -0.999. The van der Waals surface area contributed by atoms with Crippen LogP contribution in [0.5, 0.6) is 0 Å². The Bertz CT molecular complexity index is 770. The second kappa shape index (κ2) is 9.24. The topological polar surface area (TPSA) is 108 Å². The van der Waals surface area contributed by atoms with Crippen LogP contribution >= 0.6 is 0 Å². The van der Waals surface area contributed by atoms with E-state index in [1.807, 2.05) is 30.3 Å². The van der Waals surface area contributed by atoms with Gasteiger partial charge in [-0.2, -0.15) is 5.10 Å². The van der Waals surface area contributed by atoms with Gasteiger partial charge in [-0.15, -0.1) is 0 Å². The summed E-state index contributed by atoms with van der Waals surface area (Å²) >= 11 is 0. The fourth-order valence-electron chi connectivity index (χ4n) is 2.61. The fraction of sp³-hybridized carbons (Fsp3) is 0.158. The number of carbonyl (C=O) groups is 1. The summed E-state index contributed by atoms with van der Waals surface area (Å²) in [4.78, 5) is 12.0. The summed E-state index contributed by atoms with van der Waals surface area (Å²) in [6.07, 6.45) is 2.27. The van der Waals surface area contributed by atoms with Crippen molar-refractivity contribution in [2.24, 2.45) is 10.9 Å². The molecule has 2 aromatic rings. The highest BCUT2D eigenvalue weighted by Crippen LogP contribution is 2.31. The first-order valence-electron chi connectivity index (χ1n) is 7.88. The summed E-state index contributed by atoms with van der Waals surface area (Å²) < 4.78 is 0. The van der Waals surface area contributed by atoms with E-state index in [1.54, 1.807) is 24.3 Å². The Morgan fingerprint density at radius 1 is 1.12 bits per heavy atom. The minimum Gasteiger partial charge on any atom is -0.478 e. The molecule has 130 valence electrons. The lowest BCUT2D eigenvalue weighted by atomic mass is 9.91. The molecule has 0 aliphatic carbocycles. The Balaban J connectivity index is 2.58. The number of aliphatic hydroxyl groups is 1. The average Bonchev–Trinajstić information content (AvgIpc) is 2.64. The summed E-state index contributed by atoms with van der Waals surface area (Å²) in [6, 6.07) is 16.3. The first-order chi connectivity index (χ1) is 12.2. The van der Waals surface area contributed by atoms with Gasteiger partial charge in [0.25, 0.3) is 0 Å². The van der Waals surface area contributed by atoms with Gasteiger partial charge in [-0.3, -0.25) is 0 Å². The lowest BCUT2D eigenvalue weighted by Gasteiger charge is -2.14. The molecule has 0 aliphatic rings. The molecule has 6 heteroatoms. The lowest BCUT2D eigenvalue weighted by Crippen LogP contribution is -2.05. The number of nitrogens with one attached hydrogen (secondary N) is 1. The van der Waals surface area contributed by atoms with Gasteiger partial charge in [0.05, 0.1) is 5.57 Å². The van der Waals surface area contributed by atoms with Gasteiger partial charge >= 0.3 is 5.97 Å². The smallest absolute Gasteiger partial charge is 0.336 e. The molecule has 25 heavy (non-hydrogen) atoms. The third-order valence-corrected chi connectivity index (χ3v) is 3.68. The van der Waals surface area contributed by atoms with Crippen molar-refractivity contribution in [3.8, 4) is 0 Å². The number of hydrogen-bond acceptors (Lipinski definition) is 4. The first-order valence-corrected chi connectivity index (χ1v) is 7.88. The van der Waals surface area contributed by atoms with E-state index in [0.717, 1.165) is 11.3 Å². The molecular weight excluding hydrogens is 318 g/mol. The molecule has 0 bridgehead atoms. The number of carboxylic acid groups (broad SMARTS) is 1. The van der Waals surface area contributed by atoms with E-state index in [9.17, 15) is 15.0 Å². The van der Waals surface area contributed by atoms with Crippen LogP contribution in [0.3, 0.4) is 0 Å². The third-order valence-electron chi connectivity index (χ3n) is 3.68. The first kappa shape index (κ1) is 18.2. The summed E-state index contributed by atoms with van der Waals surface area (Å²) in [7, 11) is 0. The van der Waals surface area contributed by atoms with E-state index in [0.29, 0.717) is 24.0 Å². The van der Waals surface area contributed by atoms with Gasteiger partial charge in [0, 0.05) is 12.3 Å². The van der Waals surface area contributed by atoms with E-state index in [1.165, 1.54) is 6.34 Å². The fourth-order valence-corrected chi connectivity index (χ4v) is 2.61. The average molecular weight is 339 g/mol. The molecule has 0 heterocycles. The Morgan fingerprint density at radius 2 is 1.84 bits per heavy atom. The molecule has 0 spiro atoms. The van der Waals surface area contributed by atoms with Gasteiger partial charge in [-0.1, -0.05) is 42.5 Å². The zero-order chi connectivity index (χ0) is 18.1. The number of allylic oxidation sites excluding steroid dienone is 1. The van der Waals surface area contributed by atoms with Crippen molar-refractivity contribution in [3.05, 3.63) is 65.7 Å². The highest BCUT2D eigenvalue weighted by atomic mass is 16.4. The molecule has 0 atom stereocenters. The van der Waals surface area contributed by atoms with E-state index in [2.05, 4.69) is 10.4 Å². The Hall–Kier alpha value is -3.12. The van der Waals surface area contributed by atoms with E-state index < -0.39 is 5.97 Å². The number of carboxylic acids is 1. The molecule has 5 N–H and O–H groups in total. The van der Waals surface area contributed by atoms with Gasteiger partial charge < -0.3 is 21.4 Å². The minimum absolute atomic E-state index is 0.0110. The van der Waals surface area contributed by atoms with Crippen LogP contribution < -0.4 is 11.2 Å². The van der Waals surface area contributed by atoms with Crippen LogP contribution in [0.25, 0.3) is 11.1 Å². The second-order valence-corrected chi connectivity index (χ2v) is 5.36. The van der Waals surface area contributed by atoms with Gasteiger partial charge in [0.2, 0.25) is 0 Å². The maximum Gasteiger partial charge on any atom is 0.336 e. The van der Waals surface area contributed by atoms with Crippen molar-refractivity contribution in [1.29, 1.82) is 0 Å². The van der Waals surface area contributed by atoms with Gasteiger partial charge in [0.1, 0.15) is 6.34 Å². The van der Waals surface area contributed by atoms with Crippen LogP contribution in [-0.4, -0.2) is 29.1 Å². The van der Waals surface area contributed by atoms with Crippen molar-refractivity contribution >= 4 is 29.1 Å². The van der Waals surface area contributed by atoms with Gasteiger partial charge in [-0.25, -0.2) is 4.79 Å². The molecule has 0 radical (unpaired) electrons. The predicted molar refractivity (Wildman–Crippen MR) is 100.0 cm³/mol. The van der Waals surface area contributed by atoms with Crippen LogP contribution in [0, 0.1) is 0 Å². The summed E-state index contributed by atoms with van der Waals surface area (Å²) in [5, 5.41) is 25.3. The maximum absolute atomic E-state index is 12.0. The zero-order valence-corrected chi connectivity index (χ0v) is 13.7. The van der Waals surface area contributed by atoms with Crippen molar-refractivity contribution in [1.82, 2.24) is 0 Å². The van der Waals surface area contributed by atoms with Crippen molar-refractivity contribution in [2.75, 3.05) is 11.9 Å². The molecule has 0 aliphatic heterocycles. The number of anilines is 1. The van der Waals surface area contributed by atoms with Crippen LogP contribution in [0.2, 0.25) is 0 Å². The number of nitrogens with zero attached hydrogens (tertiary/aromatic N) is 1. The molecule has 2 aromatic carbocycles. The normalized spacial score (nSPS) is 12.0. The van der Waals surface area contributed by atoms with Gasteiger partial charge in [-0.05, 0) is 41.7 Å². The highest BCUT2D eigenvalue weighted by molar-refractivity contribution is 6.23. The summed E-state index contributed by atoms with van der Waals surface area (Å²) in [6.45, 7) is -0.0110. The second-order valence-electron chi connectivity index (χ2n) is 5.36. The van der Waals surface area contributed by atoms with Gasteiger partial charge in [0.15, 0.2) is 0 Å². The molecule has 0 saturated carbocycles. The number of nitrogens with two attached hydrogens (primary N) is 1. The molecule has 2 rings (SSSR count). The van der Waals surface area contributed by atoms with Crippen molar-refractivity contribution in [2.45, 2.75) is 12.8 Å². The summed E-state index contributed by atoms with van der Waals surface area (Å²) in [5.41, 5.74) is 3.04.